The summed E-state index contributed by atoms with van der Waals surface area (Å²) in [6.07, 6.45) is 4.18. The van der Waals surface area contributed by atoms with Crippen molar-refractivity contribution >= 4 is 10.0 Å². The molecule has 0 aromatic rings. The maximum atomic E-state index is 11.6. The largest absolute Gasteiger partial charge is 0.325 e. The van der Waals surface area contributed by atoms with Gasteiger partial charge in [-0.25, -0.2) is 13.1 Å². The molecule has 5 heteroatoms. The fourth-order valence-corrected chi connectivity index (χ4v) is 4.48. The molecule has 13 heavy (non-hydrogen) atoms. The third-order valence-electron chi connectivity index (χ3n) is 3.39. The number of nitrogens with one attached hydrogen (secondary N) is 1. The second-order valence-corrected chi connectivity index (χ2v) is 6.98. The lowest BCUT2D eigenvalue weighted by Crippen LogP contribution is -2.82. The van der Waals surface area contributed by atoms with Crippen LogP contribution in [0.25, 0.3) is 0 Å². The van der Waals surface area contributed by atoms with Crippen LogP contribution in [0.4, 0.5) is 0 Å². The molecule has 4 fully saturated rings. The molecular formula is C8H14N2O2S. The van der Waals surface area contributed by atoms with Crippen molar-refractivity contribution in [2.75, 3.05) is 0 Å². The van der Waals surface area contributed by atoms with E-state index in [1.54, 1.807) is 0 Å². The van der Waals surface area contributed by atoms with Gasteiger partial charge in [0.25, 0.3) is 0 Å². The molecule has 4 saturated carbocycles. The fraction of sp³-hybridized carbons (Fsp3) is 1.00. The van der Waals surface area contributed by atoms with Crippen LogP contribution in [0.15, 0.2) is 0 Å². The quantitative estimate of drug-likeness (QED) is 0.660. The SMILES string of the molecule is NC12CC(NS(=O)(=O)C3CC3)(C1)C2. The van der Waals surface area contributed by atoms with Gasteiger partial charge in [0, 0.05) is 11.1 Å². The Morgan fingerprint density at radius 2 is 1.77 bits per heavy atom. The molecule has 0 spiro atoms. The molecule has 4 aliphatic rings. The first-order chi connectivity index (χ1) is 5.93. The zero-order chi connectivity index (χ0) is 9.32. The highest BCUT2D eigenvalue weighted by Gasteiger charge is 2.67. The number of sulfonamides is 1. The number of rotatable bonds is 3. The van der Waals surface area contributed by atoms with Crippen LogP contribution in [-0.2, 0) is 10.0 Å². The summed E-state index contributed by atoms with van der Waals surface area (Å²) in [6.45, 7) is 0. The van der Waals surface area contributed by atoms with E-state index >= 15 is 0 Å². The molecule has 2 bridgehead atoms. The summed E-state index contributed by atoms with van der Waals surface area (Å²) in [5.41, 5.74) is 5.70. The molecule has 0 aliphatic heterocycles. The van der Waals surface area contributed by atoms with Gasteiger partial charge in [0.05, 0.1) is 5.25 Å². The van der Waals surface area contributed by atoms with E-state index in [0.717, 1.165) is 32.1 Å². The van der Waals surface area contributed by atoms with Crippen molar-refractivity contribution in [3.8, 4) is 0 Å². The van der Waals surface area contributed by atoms with Crippen molar-refractivity contribution in [1.29, 1.82) is 0 Å². The molecular weight excluding hydrogens is 188 g/mol. The van der Waals surface area contributed by atoms with Gasteiger partial charge in [-0.1, -0.05) is 0 Å². The summed E-state index contributed by atoms with van der Waals surface area (Å²) in [4.78, 5) is 0. The standard InChI is InChI=1S/C8H14N2O2S/c9-7-3-8(4-7,5-7)10-13(11,12)6-1-2-6/h6,10H,1-5,9H2. The topological polar surface area (TPSA) is 72.2 Å². The van der Waals surface area contributed by atoms with Crippen molar-refractivity contribution < 1.29 is 8.42 Å². The second kappa shape index (κ2) is 1.94. The highest BCUT2D eigenvalue weighted by molar-refractivity contribution is 7.90. The van der Waals surface area contributed by atoms with Crippen molar-refractivity contribution in [3.05, 3.63) is 0 Å². The smallest absolute Gasteiger partial charge is 0.214 e. The average Bonchev–Trinajstić information content (AvgIpc) is 2.59. The maximum absolute atomic E-state index is 11.6. The van der Waals surface area contributed by atoms with Crippen LogP contribution in [0, 0.1) is 0 Å². The fourth-order valence-electron chi connectivity index (χ4n) is 2.74. The van der Waals surface area contributed by atoms with Gasteiger partial charge in [-0.15, -0.1) is 0 Å². The molecule has 4 nitrogen and oxygen atoms in total. The summed E-state index contributed by atoms with van der Waals surface area (Å²) < 4.78 is 26.0. The third-order valence-corrected chi connectivity index (χ3v) is 5.46. The van der Waals surface area contributed by atoms with Crippen molar-refractivity contribution in [2.45, 2.75) is 48.4 Å². The minimum atomic E-state index is -3.00. The van der Waals surface area contributed by atoms with Crippen LogP contribution in [0.1, 0.15) is 32.1 Å². The molecule has 0 unspecified atom stereocenters. The van der Waals surface area contributed by atoms with Crippen molar-refractivity contribution in [2.24, 2.45) is 5.73 Å². The maximum Gasteiger partial charge on any atom is 0.214 e. The van der Waals surface area contributed by atoms with E-state index in [0.29, 0.717) is 0 Å². The van der Waals surface area contributed by atoms with Crippen LogP contribution in [-0.4, -0.2) is 24.7 Å². The first-order valence-electron chi connectivity index (χ1n) is 4.75. The molecule has 0 heterocycles. The van der Waals surface area contributed by atoms with E-state index in [2.05, 4.69) is 4.72 Å². The molecule has 74 valence electrons. The molecule has 0 radical (unpaired) electrons. The summed E-state index contributed by atoms with van der Waals surface area (Å²) in [6, 6.07) is 0. The van der Waals surface area contributed by atoms with Crippen molar-refractivity contribution in [1.82, 2.24) is 4.72 Å². The van der Waals surface area contributed by atoms with Gasteiger partial charge in [-0.2, -0.15) is 0 Å². The normalized spacial score (nSPS) is 48.1. The van der Waals surface area contributed by atoms with E-state index in [-0.39, 0.29) is 16.3 Å². The van der Waals surface area contributed by atoms with Crippen LogP contribution in [0.5, 0.6) is 0 Å². The van der Waals surface area contributed by atoms with Gasteiger partial charge in [-0.05, 0) is 32.1 Å². The van der Waals surface area contributed by atoms with E-state index in [9.17, 15) is 8.42 Å². The van der Waals surface area contributed by atoms with Crippen molar-refractivity contribution in [3.63, 3.8) is 0 Å². The highest BCUT2D eigenvalue weighted by atomic mass is 32.2. The zero-order valence-electron chi connectivity index (χ0n) is 7.41. The summed E-state index contributed by atoms with van der Waals surface area (Å²) in [5.74, 6) is 0. The molecule has 0 amide bonds. The van der Waals surface area contributed by atoms with Gasteiger partial charge in [0.15, 0.2) is 0 Å². The minimum Gasteiger partial charge on any atom is -0.325 e. The van der Waals surface area contributed by atoms with E-state index in [4.69, 9.17) is 5.73 Å². The second-order valence-electron chi connectivity index (χ2n) is 5.02. The molecule has 0 atom stereocenters. The molecule has 0 aromatic heterocycles. The zero-order valence-corrected chi connectivity index (χ0v) is 8.23. The van der Waals surface area contributed by atoms with Crippen LogP contribution in [0.3, 0.4) is 0 Å². The summed E-state index contributed by atoms with van der Waals surface area (Å²) in [5, 5.41) is -0.102. The van der Waals surface area contributed by atoms with Crippen LogP contribution in [0.2, 0.25) is 0 Å². The molecule has 0 saturated heterocycles. The molecule has 3 N–H and O–H groups in total. The van der Waals surface area contributed by atoms with Gasteiger partial charge in [-0.3, -0.25) is 0 Å². The Kier molecular flexibility index (Phi) is 1.23. The lowest BCUT2D eigenvalue weighted by atomic mass is 9.45. The third kappa shape index (κ3) is 1.07. The van der Waals surface area contributed by atoms with E-state index < -0.39 is 10.0 Å². The van der Waals surface area contributed by atoms with E-state index in [1.807, 2.05) is 0 Å². The van der Waals surface area contributed by atoms with Gasteiger partial charge >= 0.3 is 0 Å². The Morgan fingerprint density at radius 1 is 1.23 bits per heavy atom. The van der Waals surface area contributed by atoms with Crippen LogP contribution >= 0.6 is 0 Å². The minimum absolute atomic E-state index is 0.0218. The Morgan fingerprint density at radius 3 is 2.15 bits per heavy atom. The molecule has 0 aromatic carbocycles. The first-order valence-corrected chi connectivity index (χ1v) is 6.30. The molecule has 4 rings (SSSR count). The Bertz CT molecular complexity index is 339. The molecule has 4 aliphatic carbocycles. The Balaban J connectivity index is 1.70. The monoisotopic (exact) mass is 202 g/mol. The number of nitrogens with two attached hydrogens (primary N) is 1. The van der Waals surface area contributed by atoms with Gasteiger partial charge in [0.1, 0.15) is 0 Å². The van der Waals surface area contributed by atoms with Gasteiger partial charge < -0.3 is 5.73 Å². The van der Waals surface area contributed by atoms with Gasteiger partial charge in [0.2, 0.25) is 10.0 Å². The predicted octanol–water partition coefficient (Wildman–Crippen LogP) is -0.298. The summed E-state index contributed by atoms with van der Waals surface area (Å²) in [7, 11) is -3.00. The lowest BCUT2D eigenvalue weighted by molar-refractivity contribution is -0.0619. The predicted molar refractivity (Wildman–Crippen MR) is 48.6 cm³/mol. The number of hydrogen-bond acceptors (Lipinski definition) is 3. The summed E-state index contributed by atoms with van der Waals surface area (Å²) >= 11 is 0. The first kappa shape index (κ1) is 8.20. The highest BCUT2D eigenvalue weighted by Crippen LogP contribution is 2.59. The Hall–Kier alpha value is -0.130. The lowest BCUT2D eigenvalue weighted by Gasteiger charge is -2.68. The number of hydrogen-bond donors (Lipinski definition) is 2. The van der Waals surface area contributed by atoms with Crippen LogP contribution < -0.4 is 10.5 Å². The van der Waals surface area contributed by atoms with E-state index in [1.165, 1.54) is 0 Å². The average molecular weight is 202 g/mol. The Labute approximate surface area is 77.9 Å².